The predicted octanol–water partition coefficient (Wildman–Crippen LogP) is 1.61. The van der Waals surface area contributed by atoms with Crippen molar-refractivity contribution >= 4 is 0 Å². The van der Waals surface area contributed by atoms with Crippen LogP contribution in [0.1, 0.15) is 20.8 Å². The van der Waals surface area contributed by atoms with Gasteiger partial charge in [-0.1, -0.05) is 13.8 Å². The molecule has 1 fully saturated rings. The summed E-state index contributed by atoms with van der Waals surface area (Å²) in [6, 6.07) is 0. The third-order valence-corrected chi connectivity index (χ3v) is 1.68. The Morgan fingerprint density at radius 3 is 2.13 bits per heavy atom. The van der Waals surface area contributed by atoms with Crippen LogP contribution in [-0.2, 0) is 11.8 Å². The molecule has 15 heavy (non-hydrogen) atoms. The maximum absolute atomic E-state index is 5.01. The van der Waals surface area contributed by atoms with Gasteiger partial charge < -0.3 is 10.1 Å². The zero-order valence-electron chi connectivity index (χ0n) is 10.3. The zero-order chi connectivity index (χ0) is 11.5. The van der Waals surface area contributed by atoms with Crippen molar-refractivity contribution in [2.24, 2.45) is 7.05 Å². The van der Waals surface area contributed by atoms with Gasteiger partial charge in [0.15, 0.2) is 0 Å². The first kappa shape index (κ1) is 14.1. The molecule has 0 bridgehead atoms. The SMILES string of the molecule is C1COCCN1.CC.Cc1cnn(C)c1.[HH]. The van der Waals surface area contributed by atoms with E-state index in [4.69, 9.17) is 4.74 Å². The fourth-order valence-corrected chi connectivity index (χ4v) is 1.06. The van der Waals surface area contributed by atoms with E-state index < -0.39 is 0 Å². The molecule has 4 nitrogen and oxygen atoms in total. The second-order valence-electron chi connectivity index (χ2n) is 3.05. The minimum absolute atomic E-state index is 0. The molecule has 0 amide bonds. The lowest BCUT2D eigenvalue weighted by atomic mass is 10.4. The molecule has 1 saturated heterocycles. The smallest absolute Gasteiger partial charge is 0.0591 e. The van der Waals surface area contributed by atoms with Crippen molar-refractivity contribution in [1.82, 2.24) is 15.1 Å². The number of rotatable bonds is 0. The number of hydrogen-bond acceptors (Lipinski definition) is 3. The number of aryl methyl sites for hydroxylation is 2. The van der Waals surface area contributed by atoms with Gasteiger partial charge in [-0.25, -0.2) is 0 Å². The first-order valence-electron chi connectivity index (χ1n) is 5.53. The Kier molecular flexibility index (Phi) is 9.11. The third-order valence-electron chi connectivity index (χ3n) is 1.68. The quantitative estimate of drug-likeness (QED) is 0.714. The molecule has 1 aliphatic rings. The fourth-order valence-electron chi connectivity index (χ4n) is 1.06. The lowest BCUT2D eigenvalue weighted by Crippen LogP contribution is -2.30. The van der Waals surface area contributed by atoms with Crippen LogP contribution in [0.5, 0.6) is 0 Å². The summed E-state index contributed by atoms with van der Waals surface area (Å²) in [4.78, 5) is 0. The van der Waals surface area contributed by atoms with E-state index in [1.807, 2.05) is 40.2 Å². The molecule has 2 rings (SSSR count). The largest absolute Gasteiger partial charge is 0.379 e. The molecule has 0 radical (unpaired) electrons. The van der Waals surface area contributed by atoms with Gasteiger partial charge in [0.25, 0.3) is 0 Å². The molecule has 1 aromatic heterocycles. The van der Waals surface area contributed by atoms with Crippen LogP contribution in [0.3, 0.4) is 0 Å². The van der Waals surface area contributed by atoms with Crippen LogP contribution in [0.4, 0.5) is 0 Å². The first-order valence-corrected chi connectivity index (χ1v) is 5.53. The van der Waals surface area contributed by atoms with Crippen molar-refractivity contribution < 1.29 is 6.16 Å². The van der Waals surface area contributed by atoms with E-state index in [9.17, 15) is 0 Å². The molecular weight excluding hydrogens is 190 g/mol. The molecule has 0 spiro atoms. The van der Waals surface area contributed by atoms with Crippen LogP contribution in [0, 0.1) is 6.92 Å². The van der Waals surface area contributed by atoms with Gasteiger partial charge in [-0.3, -0.25) is 4.68 Å². The highest BCUT2D eigenvalue weighted by Crippen LogP contribution is 1.88. The summed E-state index contributed by atoms with van der Waals surface area (Å²) >= 11 is 0. The molecule has 1 aromatic rings. The number of ether oxygens (including phenoxy) is 1. The van der Waals surface area contributed by atoms with Crippen molar-refractivity contribution in [2.75, 3.05) is 26.3 Å². The topological polar surface area (TPSA) is 39.1 Å². The average Bonchev–Trinajstić information content (AvgIpc) is 2.69. The van der Waals surface area contributed by atoms with Gasteiger partial charge in [-0.05, 0) is 12.5 Å². The first-order chi connectivity index (χ1) is 7.29. The minimum atomic E-state index is 0. The van der Waals surface area contributed by atoms with E-state index >= 15 is 0 Å². The van der Waals surface area contributed by atoms with Crippen LogP contribution in [-0.4, -0.2) is 36.1 Å². The maximum atomic E-state index is 5.01. The van der Waals surface area contributed by atoms with Crippen molar-refractivity contribution in [3.05, 3.63) is 18.0 Å². The molecule has 0 aromatic carbocycles. The van der Waals surface area contributed by atoms with Gasteiger partial charge in [0.2, 0.25) is 0 Å². The van der Waals surface area contributed by atoms with Crippen LogP contribution >= 0.6 is 0 Å². The summed E-state index contributed by atoms with van der Waals surface area (Å²) in [7, 11) is 1.91. The Bertz CT molecular complexity index is 209. The standard InChI is InChI=1S/C5H8N2.C4H9NO.C2H6.H2/c1-5-3-6-7(2)4-5;1-3-6-4-2-5-1;1-2;/h3-4H,1-2H3;5H,1-4H2;1-2H3;1H. The Balaban J connectivity index is 0. The van der Waals surface area contributed by atoms with E-state index in [1.165, 1.54) is 5.56 Å². The van der Waals surface area contributed by atoms with E-state index in [1.54, 1.807) is 4.68 Å². The maximum Gasteiger partial charge on any atom is 0.0591 e. The van der Waals surface area contributed by atoms with Crippen LogP contribution in [0.2, 0.25) is 0 Å². The lowest BCUT2D eigenvalue weighted by Gasteiger charge is -2.10. The molecule has 90 valence electrons. The number of morpholine rings is 1. The van der Waals surface area contributed by atoms with Gasteiger partial charge in [-0.2, -0.15) is 5.10 Å². The number of aromatic nitrogens is 2. The summed E-state index contributed by atoms with van der Waals surface area (Å²) < 4.78 is 6.79. The highest BCUT2D eigenvalue weighted by Gasteiger charge is 1.92. The van der Waals surface area contributed by atoms with Crippen molar-refractivity contribution in [1.29, 1.82) is 0 Å². The zero-order valence-corrected chi connectivity index (χ0v) is 10.3. The summed E-state index contributed by atoms with van der Waals surface area (Å²) in [6.45, 7) is 9.85. The molecule has 1 N–H and O–H groups in total. The van der Waals surface area contributed by atoms with Crippen LogP contribution < -0.4 is 5.32 Å². The van der Waals surface area contributed by atoms with Gasteiger partial charge in [0.1, 0.15) is 0 Å². The van der Waals surface area contributed by atoms with Crippen molar-refractivity contribution in [3.8, 4) is 0 Å². The third kappa shape index (κ3) is 8.15. The highest BCUT2D eigenvalue weighted by molar-refractivity contribution is 4.98. The van der Waals surface area contributed by atoms with E-state index in [0.717, 1.165) is 26.3 Å². The summed E-state index contributed by atoms with van der Waals surface area (Å²) in [5.41, 5.74) is 1.21. The van der Waals surface area contributed by atoms with Gasteiger partial charge in [0.05, 0.1) is 19.4 Å². The minimum Gasteiger partial charge on any atom is -0.379 e. The molecule has 0 unspecified atom stereocenters. The fraction of sp³-hybridized carbons (Fsp3) is 0.727. The summed E-state index contributed by atoms with van der Waals surface area (Å²) in [5.74, 6) is 0. The average molecular weight is 215 g/mol. The van der Waals surface area contributed by atoms with Crippen LogP contribution in [0.15, 0.2) is 12.4 Å². The molecule has 1 aliphatic heterocycles. The van der Waals surface area contributed by atoms with Gasteiger partial charge in [-0.15, -0.1) is 0 Å². The predicted molar refractivity (Wildman–Crippen MR) is 65.1 cm³/mol. The molecular formula is C11H25N3O. The molecule has 0 aliphatic carbocycles. The molecule has 0 atom stereocenters. The van der Waals surface area contributed by atoms with E-state index in [0.29, 0.717) is 0 Å². The monoisotopic (exact) mass is 215 g/mol. The second-order valence-corrected chi connectivity index (χ2v) is 3.05. The molecule has 4 heteroatoms. The van der Waals surface area contributed by atoms with Crippen molar-refractivity contribution in [2.45, 2.75) is 20.8 Å². The molecule has 0 saturated carbocycles. The summed E-state index contributed by atoms with van der Waals surface area (Å²) in [5, 5.41) is 7.09. The lowest BCUT2D eigenvalue weighted by molar-refractivity contribution is 0.109. The number of nitrogens with one attached hydrogen (secondary N) is 1. The number of nitrogens with zero attached hydrogens (tertiary/aromatic N) is 2. The normalized spacial score (nSPS) is 14.4. The molecule has 2 heterocycles. The van der Waals surface area contributed by atoms with Crippen LogP contribution in [0.25, 0.3) is 0 Å². The Labute approximate surface area is 94.1 Å². The van der Waals surface area contributed by atoms with E-state index in [2.05, 4.69) is 10.4 Å². The number of hydrogen-bond donors (Lipinski definition) is 1. The Hall–Kier alpha value is -0.870. The Morgan fingerprint density at radius 1 is 1.40 bits per heavy atom. The summed E-state index contributed by atoms with van der Waals surface area (Å²) in [6.07, 6.45) is 3.81. The van der Waals surface area contributed by atoms with Gasteiger partial charge >= 0.3 is 0 Å². The van der Waals surface area contributed by atoms with Gasteiger partial charge in [0, 0.05) is 27.8 Å². The van der Waals surface area contributed by atoms with Crippen molar-refractivity contribution in [3.63, 3.8) is 0 Å². The second kappa shape index (κ2) is 9.68. The van der Waals surface area contributed by atoms with E-state index in [-0.39, 0.29) is 1.43 Å². The Morgan fingerprint density at radius 2 is 2.00 bits per heavy atom. The highest BCUT2D eigenvalue weighted by atomic mass is 16.5.